The van der Waals surface area contributed by atoms with E-state index in [0.717, 1.165) is 26.1 Å². The average molecular weight is 292 g/mol. The summed E-state index contributed by atoms with van der Waals surface area (Å²) in [5.41, 5.74) is 0.657. The lowest BCUT2D eigenvalue weighted by Crippen LogP contribution is -2.44. The molecule has 1 aromatic heterocycles. The molecule has 2 rings (SSSR count). The van der Waals surface area contributed by atoms with Gasteiger partial charge in [-0.3, -0.25) is 0 Å². The number of pyridine rings is 1. The minimum absolute atomic E-state index is 0.175. The summed E-state index contributed by atoms with van der Waals surface area (Å²) in [6, 6.07) is 3.48. The van der Waals surface area contributed by atoms with E-state index in [2.05, 4.69) is 27.4 Å². The summed E-state index contributed by atoms with van der Waals surface area (Å²) in [5.74, 6) is 0.529. The monoisotopic (exact) mass is 292 g/mol. The molecule has 0 bridgehead atoms. The van der Waals surface area contributed by atoms with Gasteiger partial charge >= 0.3 is 6.03 Å². The van der Waals surface area contributed by atoms with Crippen LogP contribution in [0.3, 0.4) is 0 Å². The van der Waals surface area contributed by atoms with Gasteiger partial charge in [0.25, 0.3) is 0 Å². The standard InChI is InChI=1S/C15H24N4O2/c1-3-12(11-19-8-4-5-9-19)17-15(20)18-13-6-7-14(21-2)16-10-13/h6-7,10,12H,3-5,8-9,11H2,1-2H3,(H2,17,18,20). The first kappa shape index (κ1) is 15.6. The number of likely N-dealkylation sites (tertiary alicyclic amines) is 1. The summed E-state index contributed by atoms with van der Waals surface area (Å²) >= 11 is 0. The van der Waals surface area contributed by atoms with E-state index in [1.54, 1.807) is 25.4 Å². The Morgan fingerprint density at radius 2 is 2.19 bits per heavy atom. The number of anilines is 1. The van der Waals surface area contributed by atoms with Crippen molar-refractivity contribution >= 4 is 11.7 Å². The van der Waals surface area contributed by atoms with Crippen LogP contribution in [0.4, 0.5) is 10.5 Å². The fourth-order valence-electron chi connectivity index (χ4n) is 2.48. The molecule has 6 heteroatoms. The van der Waals surface area contributed by atoms with Gasteiger partial charge in [-0.2, -0.15) is 0 Å². The van der Waals surface area contributed by atoms with E-state index in [1.807, 2.05) is 0 Å². The maximum Gasteiger partial charge on any atom is 0.319 e. The first-order chi connectivity index (χ1) is 10.2. The zero-order chi connectivity index (χ0) is 15.1. The number of amides is 2. The summed E-state index contributed by atoms with van der Waals surface area (Å²) in [6.45, 7) is 5.30. The Bertz CT molecular complexity index is 443. The fraction of sp³-hybridized carbons (Fsp3) is 0.600. The predicted octanol–water partition coefficient (Wildman–Crippen LogP) is 2.09. The number of urea groups is 1. The normalized spacial score (nSPS) is 16.5. The molecule has 0 aliphatic carbocycles. The SMILES string of the molecule is CCC(CN1CCCC1)NC(=O)Nc1ccc(OC)nc1. The number of nitrogens with one attached hydrogen (secondary N) is 2. The lowest BCUT2D eigenvalue weighted by atomic mass is 10.2. The zero-order valence-corrected chi connectivity index (χ0v) is 12.8. The third kappa shape index (κ3) is 4.90. The van der Waals surface area contributed by atoms with Gasteiger partial charge in [0.1, 0.15) is 0 Å². The minimum atomic E-state index is -0.187. The van der Waals surface area contributed by atoms with Crippen molar-refractivity contribution in [2.75, 3.05) is 32.1 Å². The molecule has 2 heterocycles. The largest absolute Gasteiger partial charge is 0.481 e. The molecule has 0 saturated carbocycles. The van der Waals surface area contributed by atoms with E-state index in [9.17, 15) is 4.79 Å². The lowest BCUT2D eigenvalue weighted by Gasteiger charge is -2.23. The van der Waals surface area contributed by atoms with E-state index in [4.69, 9.17) is 4.74 Å². The molecule has 21 heavy (non-hydrogen) atoms. The summed E-state index contributed by atoms with van der Waals surface area (Å²) in [6.07, 6.45) is 5.03. The number of ether oxygens (including phenoxy) is 1. The van der Waals surface area contributed by atoms with Gasteiger partial charge in [0, 0.05) is 18.7 Å². The fourth-order valence-corrected chi connectivity index (χ4v) is 2.48. The Labute approximate surface area is 125 Å². The molecule has 1 fully saturated rings. The summed E-state index contributed by atoms with van der Waals surface area (Å²) in [5, 5.41) is 5.82. The molecule has 0 radical (unpaired) electrons. The Morgan fingerprint density at radius 3 is 2.76 bits per heavy atom. The number of hydrogen-bond donors (Lipinski definition) is 2. The van der Waals surface area contributed by atoms with Gasteiger partial charge in [-0.15, -0.1) is 0 Å². The zero-order valence-electron chi connectivity index (χ0n) is 12.8. The second-order valence-corrected chi connectivity index (χ2v) is 5.30. The van der Waals surface area contributed by atoms with Crippen LogP contribution < -0.4 is 15.4 Å². The van der Waals surface area contributed by atoms with E-state index >= 15 is 0 Å². The lowest BCUT2D eigenvalue weighted by molar-refractivity contribution is 0.239. The highest BCUT2D eigenvalue weighted by Crippen LogP contribution is 2.11. The van der Waals surface area contributed by atoms with Crippen molar-refractivity contribution in [3.05, 3.63) is 18.3 Å². The molecule has 1 aliphatic heterocycles. The third-order valence-corrected chi connectivity index (χ3v) is 3.71. The molecular formula is C15H24N4O2. The number of carbonyl (C=O) groups excluding carboxylic acids is 1. The summed E-state index contributed by atoms with van der Waals surface area (Å²) < 4.78 is 4.99. The highest BCUT2D eigenvalue weighted by Gasteiger charge is 2.17. The van der Waals surface area contributed by atoms with E-state index < -0.39 is 0 Å². The number of aromatic nitrogens is 1. The Hall–Kier alpha value is -1.82. The number of nitrogens with zero attached hydrogens (tertiary/aromatic N) is 2. The van der Waals surface area contributed by atoms with Crippen molar-refractivity contribution in [1.29, 1.82) is 0 Å². The highest BCUT2D eigenvalue weighted by molar-refractivity contribution is 5.89. The van der Waals surface area contributed by atoms with Crippen LogP contribution >= 0.6 is 0 Å². The number of carbonyl (C=O) groups is 1. The average Bonchev–Trinajstić information content (AvgIpc) is 3.00. The van der Waals surface area contributed by atoms with Crippen LogP contribution in [-0.2, 0) is 0 Å². The first-order valence-electron chi connectivity index (χ1n) is 7.51. The highest BCUT2D eigenvalue weighted by atomic mass is 16.5. The van der Waals surface area contributed by atoms with Gasteiger partial charge < -0.3 is 20.3 Å². The van der Waals surface area contributed by atoms with Crippen molar-refractivity contribution in [1.82, 2.24) is 15.2 Å². The quantitative estimate of drug-likeness (QED) is 0.842. The van der Waals surface area contributed by atoms with Crippen LogP contribution in [0.1, 0.15) is 26.2 Å². The van der Waals surface area contributed by atoms with Crippen molar-refractivity contribution in [2.24, 2.45) is 0 Å². The van der Waals surface area contributed by atoms with Crippen molar-refractivity contribution in [3.8, 4) is 5.88 Å². The number of methoxy groups -OCH3 is 1. The second kappa shape index (κ2) is 7.83. The topological polar surface area (TPSA) is 66.5 Å². The summed E-state index contributed by atoms with van der Waals surface area (Å²) in [7, 11) is 1.56. The van der Waals surface area contributed by atoms with Gasteiger partial charge in [0.15, 0.2) is 0 Å². The van der Waals surface area contributed by atoms with Gasteiger partial charge in [-0.1, -0.05) is 6.92 Å². The van der Waals surface area contributed by atoms with Crippen LogP contribution in [0.15, 0.2) is 18.3 Å². The Morgan fingerprint density at radius 1 is 1.43 bits per heavy atom. The van der Waals surface area contributed by atoms with Crippen LogP contribution in [0.25, 0.3) is 0 Å². The van der Waals surface area contributed by atoms with Crippen molar-refractivity contribution in [2.45, 2.75) is 32.2 Å². The van der Waals surface area contributed by atoms with Gasteiger partial charge in [-0.05, 0) is 38.4 Å². The molecule has 1 aromatic rings. The maximum absolute atomic E-state index is 12.0. The molecular weight excluding hydrogens is 268 g/mol. The van der Waals surface area contributed by atoms with Gasteiger partial charge in [0.2, 0.25) is 5.88 Å². The molecule has 2 N–H and O–H groups in total. The van der Waals surface area contributed by atoms with Crippen molar-refractivity contribution in [3.63, 3.8) is 0 Å². The summed E-state index contributed by atoms with van der Waals surface area (Å²) in [4.78, 5) is 18.5. The molecule has 116 valence electrons. The van der Waals surface area contributed by atoms with Crippen molar-refractivity contribution < 1.29 is 9.53 Å². The number of hydrogen-bond acceptors (Lipinski definition) is 4. The van der Waals surface area contributed by atoms with E-state index in [-0.39, 0.29) is 12.1 Å². The molecule has 6 nitrogen and oxygen atoms in total. The number of rotatable bonds is 6. The molecule has 1 unspecified atom stereocenters. The molecule has 1 saturated heterocycles. The Kier molecular flexibility index (Phi) is 5.80. The molecule has 0 spiro atoms. The smallest absolute Gasteiger partial charge is 0.319 e. The first-order valence-corrected chi connectivity index (χ1v) is 7.51. The van der Waals surface area contributed by atoms with Gasteiger partial charge in [0.05, 0.1) is 19.0 Å². The van der Waals surface area contributed by atoms with E-state index in [1.165, 1.54) is 12.8 Å². The van der Waals surface area contributed by atoms with Crippen LogP contribution in [0.2, 0.25) is 0 Å². The Balaban J connectivity index is 1.80. The molecule has 2 amide bonds. The van der Waals surface area contributed by atoms with Crippen LogP contribution in [0, 0.1) is 0 Å². The van der Waals surface area contributed by atoms with Crippen LogP contribution in [-0.4, -0.2) is 48.7 Å². The van der Waals surface area contributed by atoms with Crippen LogP contribution in [0.5, 0.6) is 5.88 Å². The molecule has 1 atom stereocenters. The third-order valence-electron chi connectivity index (χ3n) is 3.71. The van der Waals surface area contributed by atoms with Gasteiger partial charge in [-0.25, -0.2) is 9.78 Å². The second-order valence-electron chi connectivity index (χ2n) is 5.30. The minimum Gasteiger partial charge on any atom is -0.481 e. The molecule has 0 aromatic carbocycles. The predicted molar refractivity (Wildman–Crippen MR) is 82.7 cm³/mol. The van der Waals surface area contributed by atoms with E-state index in [0.29, 0.717) is 11.6 Å². The molecule has 1 aliphatic rings. The maximum atomic E-state index is 12.0.